The van der Waals surface area contributed by atoms with Gasteiger partial charge in [-0.1, -0.05) is 12.7 Å². The van der Waals surface area contributed by atoms with Gasteiger partial charge in [-0.05, 0) is 19.9 Å². The second kappa shape index (κ2) is 6.65. The summed E-state index contributed by atoms with van der Waals surface area (Å²) < 4.78 is 22.5. The minimum atomic E-state index is -0.801. The van der Waals surface area contributed by atoms with Crippen LogP contribution in [0.5, 0.6) is 0 Å². The number of rotatable bonds is 4. The summed E-state index contributed by atoms with van der Waals surface area (Å²) in [6.45, 7) is 6.84. The molecular formula is C20H22O8. The first-order valence-electron chi connectivity index (χ1n) is 9.20. The lowest BCUT2D eigenvalue weighted by Crippen LogP contribution is -2.38. The van der Waals surface area contributed by atoms with Gasteiger partial charge in [-0.2, -0.15) is 0 Å². The molecule has 8 nitrogen and oxygen atoms in total. The Morgan fingerprint density at radius 1 is 1.50 bits per heavy atom. The summed E-state index contributed by atoms with van der Waals surface area (Å²) in [5.41, 5.74) is 0.0287. The predicted octanol–water partition coefficient (Wildman–Crippen LogP) is 0.388. The third-order valence-electron chi connectivity index (χ3n) is 5.89. The van der Waals surface area contributed by atoms with Gasteiger partial charge in [-0.25, -0.2) is 9.59 Å². The van der Waals surface area contributed by atoms with Crippen LogP contribution in [0, 0.1) is 5.92 Å². The van der Waals surface area contributed by atoms with Crippen LogP contribution in [0.3, 0.4) is 0 Å². The summed E-state index contributed by atoms with van der Waals surface area (Å²) in [4.78, 5) is 36.2. The summed E-state index contributed by atoms with van der Waals surface area (Å²) in [6.07, 6.45) is 1.55. The standard InChI is InChI=1S/C20H22O8/c1-4-10(7-21)19(24)26-13-6-20(3)17(28-20)16-15(27-16)11(8-22)5-12-14(13)9(2)18(23)25-12/h4-5,8,12-17,21H,2,6-7H2,1,3H3/b10-4-,11-5+/t12-,13-,14+,15+,16+,17+,20-/m1/s1. The lowest BCUT2D eigenvalue weighted by atomic mass is 9.82. The molecule has 1 N–H and O–H groups in total. The molecule has 0 spiro atoms. The van der Waals surface area contributed by atoms with Crippen LogP contribution in [0.25, 0.3) is 0 Å². The minimum Gasteiger partial charge on any atom is -0.458 e. The smallest absolute Gasteiger partial charge is 0.336 e. The van der Waals surface area contributed by atoms with E-state index in [4.69, 9.17) is 18.9 Å². The summed E-state index contributed by atoms with van der Waals surface area (Å²) in [7, 11) is 0. The van der Waals surface area contributed by atoms with Crippen LogP contribution in [0.2, 0.25) is 0 Å². The van der Waals surface area contributed by atoms with Crippen molar-refractivity contribution < 1.29 is 38.4 Å². The van der Waals surface area contributed by atoms with E-state index >= 15 is 0 Å². The van der Waals surface area contributed by atoms with Crippen molar-refractivity contribution in [3.8, 4) is 0 Å². The Balaban J connectivity index is 1.71. The Bertz CT molecular complexity index is 811. The fourth-order valence-corrected chi connectivity index (χ4v) is 4.16. The minimum absolute atomic E-state index is 0.109. The van der Waals surface area contributed by atoms with Crippen molar-refractivity contribution in [1.82, 2.24) is 0 Å². The number of hydrogen-bond donors (Lipinski definition) is 1. The fraction of sp³-hybridized carbons (Fsp3) is 0.550. The maximum atomic E-state index is 12.5. The summed E-state index contributed by atoms with van der Waals surface area (Å²) in [6, 6.07) is 0. The molecule has 7 atom stereocenters. The molecule has 0 amide bonds. The van der Waals surface area contributed by atoms with Gasteiger partial charge in [0.25, 0.3) is 0 Å². The average Bonchev–Trinajstić information content (AvgIpc) is 3.53. The molecule has 3 saturated heterocycles. The number of aliphatic hydroxyl groups is 1. The molecule has 4 aliphatic rings. The molecule has 0 aromatic heterocycles. The molecule has 3 aliphatic heterocycles. The normalized spacial score (nSPS) is 43.5. The van der Waals surface area contributed by atoms with Crippen LogP contribution in [0.15, 0.2) is 35.5 Å². The van der Waals surface area contributed by atoms with Gasteiger partial charge in [-0.3, -0.25) is 4.79 Å². The first-order valence-corrected chi connectivity index (χ1v) is 9.20. The van der Waals surface area contributed by atoms with Crippen LogP contribution >= 0.6 is 0 Å². The zero-order valence-electron chi connectivity index (χ0n) is 15.6. The Labute approximate surface area is 161 Å². The van der Waals surface area contributed by atoms with Crippen molar-refractivity contribution >= 4 is 18.2 Å². The molecule has 28 heavy (non-hydrogen) atoms. The van der Waals surface area contributed by atoms with E-state index in [2.05, 4.69) is 6.58 Å². The number of carbonyl (C=O) groups is 3. The summed E-state index contributed by atoms with van der Waals surface area (Å²) in [5.74, 6) is -1.95. The Hall–Kier alpha value is -2.29. The van der Waals surface area contributed by atoms with Gasteiger partial charge < -0.3 is 24.1 Å². The van der Waals surface area contributed by atoms with Crippen molar-refractivity contribution in [1.29, 1.82) is 0 Å². The second-order valence-electron chi connectivity index (χ2n) is 7.70. The van der Waals surface area contributed by atoms with Gasteiger partial charge in [0.15, 0.2) is 0 Å². The van der Waals surface area contributed by atoms with E-state index in [9.17, 15) is 19.5 Å². The highest BCUT2D eigenvalue weighted by Gasteiger charge is 2.67. The molecule has 0 bridgehead atoms. The SMILES string of the molecule is C=C1C(=O)O[C@@H]2/C=C(\C=O)[C@@H]3O[C@@H]3[C@@H]3O[C@]3(C)C[C@@H](OC(=O)/C(=C\C)CO)[C@@H]12. The van der Waals surface area contributed by atoms with Gasteiger partial charge in [-0.15, -0.1) is 0 Å². The van der Waals surface area contributed by atoms with Crippen LogP contribution in [-0.2, 0) is 33.3 Å². The van der Waals surface area contributed by atoms with Crippen molar-refractivity contribution in [3.63, 3.8) is 0 Å². The number of aliphatic hydroxyl groups excluding tert-OH is 1. The largest absolute Gasteiger partial charge is 0.458 e. The monoisotopic (exact) mass is 390 g/mol. The number of esters is 2. The highest BCUT2D eigenvalue weighted by molar-refractivity contribution is 5.92. The molecule has 4 rings (SSSR count). The number of aldehydes is 1. The highest BCUT2D eigenvalue weighted by atomic mass is 16.7. The summed E-state index contributed by atoms with van der Waals surface area (Å²) >= 11 is 0. The third kappa shape index (κ3) is 3.01. The number of allylic oxidation sites excluding steroid dienone is 1. The highest BCUT2D eigenvalue weighted by Crippen LogP contribution is 2.53. The first kappa shape index (κ1) is 19.0. The number of epoxide rings is 2. The first-order chi connectivity index (χ1) is 13.3. The van der Waals surface area contributed by atoms with Crippen molar-refractivity contribution in [2.24, 2.45) is 5.92 Å². The van der Waals surface area contributed by atoms with Crippen LogP contribution in [0.4, 0.5) is 0 Å². The molecule has 0 saturated carbocycles. The molecule has 150 valence electrons. The molecule has 0 radical (unpaired) electrons. The van der Waals surface area contributed by atoms with Gasteiger partial charge in [0.1, 0.15) is 36.8 Å². The number of hydrogen-bond acceptors (Lipinski definition) is 8. The van der Waals surface area contributed by atoms with Gasteiger partial charge in [0, 0.05) is 17.6 Å². The van der Waals surface area contributed by atoms with Crippen molar-refractivity contribution in [2.75, 3.05) is 6.61 Å². The predicted molar refractivity (Wildman–Crippen MR) is 93.9 cm³/mol. The van der Waals surface area contributed by atoms with Crippen LogP contribution in [0.1, 0.15) is 20.3 Å². The lowest BCUT2D eigenvalue weighted by Gasteiger charge is -2.28. The molecule has 3 fully saturated rings. The second-order valence-corrected chi connectivity index (χ2v) is 7.70. The molecule has 0 aromatic carbocycles. The van der Waals surface area contributed by atoms with E-state index in [0.717, 1.165) is 0 Å². The van der Waals surface area contributed by atoms with Crippen LogP contribution in [-0.4, -0.2) is 66.1 Å². The number of carbonyl (C=O) groups excluding carboxylic acids is 3. The number of ether oxygens (including phenoxy) is 4. The van der Waals surface area contributed by atoms with E-state index < -0.39 is 42.3 Å². The quantitative estimate of drug-likeness (QED) is 0.317. The Morgan fingerprint density at radius 3 is 2.89 bits per heavy atom. The van der Waals surface area contributed by atoms with E-state index in [1.165, 1.54) is 6.08 Å². The van der Waals surface area contributed by atoms with Crippen LogP contribution < -0.4 is 0 Å². The van der Waals surface area contributed by atoms with Crippen molar-refractivity contribution in [2.45, 2.75) is 56.4 Å². The van der Waals surface area contributed by atoms with Gasteiger partial charge >= 0.3 is 11.9 Å². The fourth-order valence-electron chi connectivity index (χ4n) is 4.16. The molecule has 0 aromatic rings. The molecule has 0 unspecified atom stereocenters. The Kier molecular flexibility index (Phi) is 4.52. The topological polar surface area (TPSA) is 115 Å². The lowest BCUT2D eigenvalue weighted by molar-refractivity contribution is -0.149. The third-order valence-corrected chi connectivity index (χ3v) is 5.89. The zero-order valence-corrected chi connectivity index (χ0v) is 15.6. The zero-order chi connectivity index (χ0) is 20.2. The van der Waals surface area contributed by atoms with E-state index in [1.807, 2.05) is 6.92 Å². The van der Waals surface area contributed by atoms with Crippen molar-refractivity contribution in [3.05, 3.63) is 35.5 Å². The van der Waals surface area contributed by atoms with Gasteiger partial charge in [0.2, 0.25) is 0 Å². The molecule has 3 heterocycles. The van der Waals surface area contributed by atoms with E-state index in [-0.39, 0.29) is 29.5 Å². The molecular weight excluding hydrogens is 368 g/mol. The average molecular weight is 390 g/mol. The van der Waals surface area contributed by atoms with Gasteiger partial charge in [0.05, 0.1) is 23.7 Å². The maximum Gasteiger partial charge on any atom is 0.336 e. The van der Waals surface area contributed by atoms with E-state index in [0.29, 0.717) is 18.3 Å². The summed E-state index contributed by atoms with van der Waals surface area (Å²) in [5, 5.41) is 9.35. The number of fused-ring (bicyclic) bond motifs is 4. The maximum absolute atomic E-state index is 12.5. The molecule has 8 heteroatoms. The van der Waals surface area contributed by atoms with E-state index in [1.54, 1.807) is 13.0 Å². The molecule has 1 aliphatic carbocycles. The Morgan fingerprint density at radius 2 is 2.25 bits per heavy atom.